The second-order valence-electron chi connectivity index (χ2n) is 8.13. The van der Waals surface area contributed by atoms with Crippen LogP contribution in [-0.2, 0) is 17.4 Å². The number of likely N-dealkylation sites (tertiary alicyclic amines) is 1. The number of rotatable bonds is 2. The molecule has 4 rings (SSSR count). The van der Waals surface area contributed by atoms with E-state index in [-0.39, 0.29) is 30.5 Å². The van der Waals surface area contributed by atoms with E-state index < -0.39 is 29.3 Å². The first kappa shape index (κ1) is 22.2. The average Bonchev–Trinajstić information content (AvgIpc) is 2.77. The van der Waals surface area contributed by atoms with Gasteiger partial charge in [-0.3, -0.25) is 9.59 Å². The van der Waals surface area contributed by atoms with E-state index in [0.29, 0.717) is 49.5 Å². The number of benzene rings is 2. The normalized spacial score (nSPS) is 17.3. The number of fused-ring (bicyclic) bond motifs is 1. The van der Waals surface area contributed by atoms with Gasteiger partial charge in [0.2, 0.25) is 5.91 Å². The van der Waals surface area contributed by atoms with Gasteiger partial charge in [-0.25, -0.2) is 8.78 Å². The highest BCUT2D eigenvalue weighted by Crippen LogP contribution is 2.36. The number of carbonyl (C=O) groups is 2. The molecule has 2 aliphatic rings. The maximum Gasteiger partial charge on any atom is 0.416 e. The number of piperidine rings is 1. The first-order valence-electron chi connectivity index (χ1n) is 10.4. The van der Waals surface area contributed by atoms with E-state index in [4.69, 9.17) is 0 Å². The van der Waals surface area contributed by atoms with Crippen molar-refractivity contribution >= 4 is 17.5 Å². The molecule has 2 amide bonds. The predicted molar refractivity (Wildman–Crippen MR) is 107 cm³/mol. The minimum atomic E-state index is -4.44. The highest BCUT2D eigenvalue weighted by molar-refractivity contribution is 5.97. The fourth-order valence-corrected chi connectivity index (χ4v) is 4.39. The van der Waals surface area contributed by atoms with Gasteiger partial charge in [0.05, 0.1) is 11.1 Å². The molecule has 2 heterocycles. The lowest BCUT2D eigenvalue weighted by Crippen LogP contribution is -2.46. The largest absolute Gasteiger partial charge is 0.416 e. The van der Waals surface area contributed by atoms with Crippen LogP contribution in [0, 0.1) is 17.6 Å². The van der Waals surface area contributed by atoms with Gasteiger partial charge in [0, 0.05) is 37.3 Å². The fraction of sp³-hybridized carbons (Fsp3) is 0.391. The van der Waals surface area contributed by atoms with Crippen LogP contribution >= 0.6 is 0 Å². The standard InChI is InChI=1S/C23H21F5N2O2/c24-17-4-5-18(19(25)13-17)22(32)29-10-7-14(8-11-29)21(31)30-9-1-2-15-12-16(23(26,27)28)3-6-20(15)30/h3-6,12-14H,1-2,7-11H2. The van der Waals surface area contributed by atoms with Crippen molar-refractivity contribution in [1.82, 2.24) is 4.90 Å². The van der Waals surface area contributed by atoms with E-state index in [1.54, 1.807) is 4.90 Å². The molecule has 0 bridgehead atoms. The maximum atomic E-state index is 13.9. The molecule has 0 N–H and O–H groups in total. The summed E-state index contributed by atoms with van der Waals surface area (Å²) in [6.45, 7) is 0.899. The molecule has 1 saturated heterocycles. The Labute approximate surface area is 181 Å². The van der Waals surface area contributed by atoms with Crippen LogP contribution in [0.15, 0.2) is 36.4 Å². The summed E-state index contributed by atoms with van der Waals surface area (Å²) in [5.74, 6) is -2.82. The number of carbonyl (C=O) groups excluding carboxylic acids is 2. The summed E-state index contributed by atoms with van der Waals surface area (Å²) in [4.78, 5) is 28.7. The maximum absolute atomic E-state index is 13.9. The number of halogens is 5. The van der Waals surface area contributed by atoms with Crippen LogP contribution in [0.3, 0.4) is 0 Å². The number of alkyl halides is 3. The van der Waals surface area contributed by atoms with Crippen LogP contribution in [0.2, 0.25) is 0 Å². The summed E-state index contributed by atoms with van der Waals surface area (Å²) < 4.78 is 66.1. The molecule has 0 aromatic heterocycles. The van der Waals surface area contributed by atoms with Gasteiger partial charge in [-0.1, -0.05) is 0 Å². The third-order valence-corrected chi connectivity index (χ3v) is 6.08. The lowest BCUT2D eigenvalue weighted by Gasteiger charge is -2.36. The monoisotopic (exact) mass is 452 g/mol. The van der Waals surface area contributed by atoms with Crippen molar-refractivity contribution in [3.8, 4) is 0 Å². The molecule has 2 aromatic rings. The van der Waals surface area contributed by atoms with Gasteiger partial charge in [0.25, 0.3) is 5.91 Å². The van der Waals surface area contributed by atoms with Crippen molar-refractivity contribution in [3.05, 3.63) is 64.7 Å². The van der Waals surface area contributed by atoms with E-state index in [1.165, 1.54) is 11.0 Å². The van der Waals surface area contributed by atoms with Crippen LogP contribution < -0.4 is 4.90 Å². The number of anilines is 1. The summed E-state index contributed by atoms with van der Waals surface area (Å²) in [6.07, 6.45) is -2.68. The lowest BCUT2D eigenvalue weighted by molar-refractivity contribution is -0.137. The Balaban J connectivity index is 1.44. The van der Waals surface area contributed by atoms with Gasteiger partial charge in [0.15, 0.2) is 0 Å². The molecule has 4 nitrogen and oxygen atoms in total. The van der Waals surface area contributed by atoms with Gasteiger partial charge < -0.3 is 9.80 Å². The van der Waals surface area contributed by atoms with Gasteiger partial charge in [0.1, 0.15) is 11.6 Å². The van der Waals surface area contributed by atoms with Crippen LogP contribution in [0.25, 0.3) is 0 Å². The first-order valence-corrected chi connectivity index (χ1v) is 10.4. The molecule has 2 aliphatic heterocycles. The van der Waals surface area contributed by atoms with E-state index in [2.05, 4.69) is 0 Å². The second kappa shape index (κ2) is 8.52. The molecule has 170 valence electrons. The van der Waals surface area contributed by atoms with Crippen molar-refractivity contribution in [1.29, 1.82) is 0 Å². The Morgan fingerprint density at radius 2 is 1.66 bits per heavy atom. The number of hydrogen-bond acceptors (Lipinski definition) is 2. The molecule has 0 unspecified atom stereocenters. The Morgan fingerprint density at radius 1 is 0.938 bits per heavy atom. The van der Waals surface area contributed by atoms with Crippen molar-refractivity contribution in [2.45, 2.75) is 31.9 Å². The smallest absolute Gasteiger partial charge is 0.339 e. The van der Waals surface area contributed by atoms with E-state index in [1.807, 2.05) is 0 Å². The predicted octanol–water partition coefficient (Wildman–Crippen LogP) is 4.82. The molecule has 0 radical (unpaired) electrons. The number of amides is 2. The van der Waals surface area contributed by atoms with Crippen molar-refractivity contribution < 1.29 is 31.5 Å². The van der Waals surface area contributed by atoms with Crippen LogP contribution in [0.4, 0.5) is 27.6 Å². The van der Waals surface area contributed by atoms with Crippen molar-refractivity contribution in [2.24, 2.45) is 5.92 Å². The Hall–Kier alpha value is -2.97. The minimum absolute atomic E-state index is 0.175. The van der Waals surface area contributed by atoms with Crippen LogP contribution in [-0.4, -0.2) is 36.3 Å². The van der Waals surface area contributed by atoms with Crippen molar-refractivity contribution in [3.63, 3.8) is 0 Å². The number of aryl methyl sites for hydroxylation is 1. The first-order chi connectivity index (χ1) is 15.1. The molecule has 0 atom stereocenters. The van der Waals surface area contributed by atoms with Gasteiger partial charge >= 0.3 is 6.18 Å². The molecule has 2 aromatic carbocycles. The van der Waals surface area contributed by atoms with Gasteiger partial charge in [-0.2, -0.15) is 13.2 Å². The molecule has 32 heavy (non-hydrogen) atoms. The lowest BCUT2D eigenvalue weighted by atomic mass is 9.92. The zero-order chi connectivity index (χ0) is 23.0. The van der Waals surface area contributed by atoms with Crippen molar-refractivity contribution in [2.75, 3.05) is 24.5 Å². The summed E-state index contributed by atoms with van der Waals surface area (Å²) in [6, 6.07) is 6.22. The average molecular weight is 452 g/mol. The Bertz CT molecular complexity index is 1050. The van der Waals surface area contributed by atoms with E-state index >= 15 is 0 Å². The van der Waals surface area contributed by atoms with E-state index in [0.717, 1.165) is 24.3 Å². The fourth-order valence-electron chi connectivity index (χ4n) is 4.39. The zero-order valence-electron chi connectivity index (χ0n) is 17.1. The quantitative estimate of drug-likeness (QED) is 0.614. The van der Waals surface area contributed by atoms with Gasteiger partial charge in [-0.05, 0) is 61.6 Å². The summed E-state index contributed by atoms with van der Waals surface area (Å²) in [7, 11) is 0. The van der Waals surface area contributed by atoms with Crippen LogP contribution in [0.1, 0.15) is 40.7 Å². The highest BCUT2D eigenvalue weighted by atomic mass is 19.4. The molecule has 9 heteroatoms. The topological polar surface area (TPSA) is 40.6 Å². The van der Waals surface area contributed by atoms with Gasteiger partial charge in [-0.15, -0.1) is 0 Å². The Morgan fingerprint density at radius 3 is 2.31 bits per heavy atom. The molecule has 0 saturated carbocycles. The highest BCUT2D eigenvalue weighted by Gasteiger charge is 2.35. The zero-order valence-corrected chi connectivity index (χ0v) is 17.1. The SMILES string of the molecule is O=C(c1ccc(F)cc1F)N1CCC(C(=O)N2CCCc3cc(C(F)(F)F)ccc32)CC1. The molecular weight excluding hydrogens is 431 g/mol. The summed E-state index contributed by atoms with van der Waals surface area (Å²) in [5, 5.41) is 0. The summed E-state index contributed by atoms with van der Waals surface area (Å²) >= 11 is 0. The molecular formula is C23H21F5N2O2. The third-order valence-electron chi connectivity index (χ3n) is 6.08. The minimum Gasteiger partial charge on any atom is -0.339 e. The second-order valence-corrected chi connectivity index (χ2v) is 8.13. The number of nitrogens with zero attached hydrogens (tertiary/aromatic N) is 2. The van der Waals surface area contributed by atoms with Crippen LogP contribution in [0.5, 0.6) is 0 Å². The van der Waals surface area contributed by atoms with E-state index in [9.17, 15) is 31.5 Å². The third kappa shape index (κ3) is 4.33. The molecule has 0 spiro atoms. The molecule has 1 fully saturated rings. The summed E-state index contributed by atoms with van der Waals surface area (Å²) in [5.41, 5.74) is 0.0481. The number of hydrogen-bond donors (Lipinski definition) is 0. The Kier molecular flexibility index (Phi) is 5.92. The molecule has 0 aliphatic carbocycles.